The van der Waals surface area contributed by atoms with Gasteiger partial charge in [0.25, 0.3) is 5.69 Å². The molecule has 2 saturated heterocycles. The summed E-state index contributed by atoms with van der Waals surface area (Å²) in [5.74, 6) is 0.465. The van der Waals surface area contributed by atoms with Crippen LogP contribution >= 0.6 is 11.8 Å². The van der Waals surface area contributed by atoms with Gasteiger partial charge in [-0.1, -0.05) is 55.5 Å². The van der Waals surface area contributed by atoms with Gasteiger partial charge in [-0.15, -0.1) is 11.8 Å². The number of hydrogen-bond donors (Lipinski definition) is 3. The zero-order chi connectivity index (χ0) is 49.3. The summed E-state index contributed by atoms with van der Waals surface area (Å²) in [6.07, 6.45) is 5.19. The lowest BCUT2D eigenvalue weighted by atomic mass is 9.90. The number of nitrogens with one attached hydrogen (secondary N) is 3. The maximum absolute atomic E-state index is 14.2. The Balaban J connectivity index is 1.05. The first-order valence-corrected chi connectivity index (χ1v) is 26.1. The SMILES string of the molecule is C/C=C(\C=C/C(C)F)CN(C)/C(C)=C(/C(=O)NCCCN1CCN(C)CC1)C(C)c1cccc(N2CCN(c3ccc(NS(=O)c4ccc(NCCSc5ccccc5)c([N+](=O)[O-])c4)cc3)CC2)c1. The molecule has 0 aromatic heterocycles. The molecule has 4 aromatic carbocycles. The summed E-state index contributed by atoms with van der Waals surface area (Å²) in [5, 5.41) is 18.4. The average Bonchev–Trinajstić information content (AvgIpc) is 3.36. The van der Waals surface area contributed by atoms with E-state index in [1.165, 1.54) is 13.0 Å². The third-order valence-corrected chi connectivity index (χ3v) is 14.9. The van der Waals surface area contributed by atoms with Crippen molar-refractivity contribution < 1.29 is 18.3 Å². The second kappa shape index (κ2) is 26.3. The summed E-state index contributed by atoms with van der Waals surface area (Å²) in [5.41, 5.74) is 6.68. The van der Waals surface area contributed by atoms with Crippen LogP contribution in [0.15, 0.2) is 142 Å². The fourth-order valence-corrected chi connectivity index (χ4v) is 10.2. The molecule has 2 aliphatic rings. The molecule has 0 spiro atoms. The Morgan fingerprint density at radius 2 is 1.59 bits per heavy atom. The van der Waals surface area contributed by atoms with Gasteiger partial charge in [0.15, 0.2) is 11.0 Å². The van der Waals surface area contributed by atoms with E-state index in [4.69, 9.17) is 0 Å². The summed E-state index contributed by atoms with van der Waals surface area (Å²) in [6, 6.07) is 30.9. The van der Waals surface area contributed by atoms with E-state index in [0.717, 1.165) is 110 Å². The number of likely N-dealkylation sites (N-methyl/N-ethyl adjacent to an activating group) is 2. The minimum atomic E-state index is -1.72. The van der Waals surface area contributed by atoms with Crippen LogP contribution in [-0.4, -0.2) is 134 Å². The minimum absolute atomic E-state index is 0.0672. The number of carbonyl (C=O) groups excluding carboxylic acids is 1. The fourth-order valence-electron chi connectivity index (χ4n) is 8.53. The highest BCUT2D eigenvalue weighted by atomic mass is 32.2. The number of thioether (sulfide) groups is 1. The van der Waals surface area contributed by atoms with E-state index in [-0.39, 0.29) is 17.5 Å². The predicted molar refractivity (Wildman–Crippen MR) is 285 cm³/mol. The van der Waals surface area contributed by atoms with Crippen molar-refractivity contribution in [2.75, 3.05) is 118 Å². The molecule has 370 valence electrons. The molecule has 69 heavy (non-hydrogen) atoms. The van der Waals surface area contributed by atoms with Gasteiger partial charge in [-0.05, 0) is 113 Å². The lowest BCUT2D eigenvalue weighted by molar-refractivity contribution is -0.384. The lowest BCUT2D eigenvalue weighted by Crippen LogP contribution is -2.46. The monoisotopic (exact) mass is 979 g/mol. The van der Waals surface area contributed by atoms with E-state index < -0.39 is 22.1 Å². The van der Waals surface area contributed by atoms with Gasteiger partial charge in [0.2, 0.25) is 5.91 Å². The average molecular weight is 980 g/mol. The van der Waals surface area contributed by atoms with Crippen molar-refractivity contribution in [2.24, 2.45) is 0 Å². The van der Waals surface area contributed by atoms with Crippen LogP contribution in [-0.2, 0) is 15.8 Å². The number of alkyl halides is 1. The Hall–Kier alpha value is -5.68. The molecule has 3 N–H and O–H groups in total. The Morgan fingerprint density at radius 3 is 2.26 bits per heavy atom. The number of anilines is 4. The van der Waals surface area contributed by atoms with Gasteiger partial charge in [-0.25, -0.2) is 8.60 Å². The van der Waals surface area contributed by atoms with E-state index in [1.54, 1.807) is 30.0 Å². The van der Waals surface area contributed by atoms with E-state index in [9.17, 15) is 23.5 Å². The number of halogens is 1. The molecule has 2 fully saturated rings. The normalized spacial score (nSPS) is 16.7. The Labute approximate surface area is 415 Å². The van der Waals surface area contributed by atoms with Crippen LogP contribution < -0.4 is 25.2 Å². The van der Waals surface area contributed by atoms with Crippen LogP contribution in [0.1, 0.15) is 45.6 Å². The molecular weight excluding hydrogens is 910 g/mol. The number of nitro groups is 1. The zero-order valence-electron chi connectivity index (χ0n) is 41.0. The van der Waals surface area contributed by atoms with E-state index in [1.807, 2.05) is 87.6 Å². The summed E-state index contributed by atoms with van der Waals surface area (Å²) in [7, 11) is 2.43. The van der Waals surface area contributed by atoms with Gasteiger partial charge >= 0.3 is 0 Å². The lowest BCUT2D eigenvalue weighted by Gasteiger charge is -2.37. The highest BCUT2D eigenvalue weighted by Gasteiger charge is 2.26. The summed E-state index contributed by atoms with van der Waals surface area (Å²) in [4.78, 5) is 38.8. The van der Waals surface area contributed by atoms with Gasteiger partial charge in [0.05, 0.1) is 9.82 Å². The Kier molecular flexibility index (Phi) is 20.1. The van der Waals surface area contributed by atoms with Gasteiger partial charge in [-0.2, -0.15) is 0 Å². The summed E-state index contributed by atoms with van der Waals surface area (Å²) in [6.45, 7) is 17.6. The van der Waals surface area contributed by atoms with Crippen LogP contribution in [0.25, 0.3) is 0 Å². The molecule has 13 nitrogen and oxygen atoms in total. The van der Waals surface area contributed by atoms with E-state index in [0.29, 0.717) is 35.9 Å². The topological polar surface area (TPSA) is 130 Å². The Bertz CT molecular complexity index is 2420. The maximum atomic E-state index is 14.2. The number of amides is 1. The van der Waals surface area contributed by atoms with Crippen molar-refractivity contribution in [1.82, 2.24) is 20.0 Å². The quantitative estimate of drug-likeness (QED) is 0.0164. The maximum Gasteiger partial charge on any atom is 0.293 e. The van der Waals surface area contributed by atoms with Gasteiger partial charge in [0, 0.05) is 130 Å². The van der Waals surface area contributed by atoms with E-state index in [2.05, 4.69) is 78.1 Å². The summed E-state index contributed by atoms with van der Waals surface area (Å²) < 4.78 is 30.1. The molecule has 4 aromatic rings. The first-order valence-electron chi connectivity index (χ1n) is 24.0. The van der Waals surface area contributed by atoms with Crippen molar-refractivity contribution >= 4 is 57.1 Å². The molecule has 3 atom stereocenters. The number of allylic oxidation sites excluding steroid dienone is 3. The molecule has 1 amide bonds. The zero-order valence-corrected chi connectivity index (χ0v) is 42.7. The van der Waals surface area contributed by atoms with Crippen LogP contribution in [0.3, 0.4) is 0 Å². The highest BCUT2D eigenvalue weighted by Crippen LogP contribution is 2.32. The van der Waals surface area contributed by atoms with Gasteiger partial charge in [0.1, 0.15) is 11.9 Å². The fraction of sp³-hybridized carbons (Fsp3) is 0.415. The largest absolute Gasteiger partial charge is 0.379 e. The summed E-state index contributed by atoms with van der Waals surface area (Å²) >= 11 is 1.66. The Morgan fingerprint density at radius 1 is 0.899 bits per heavy atom. The van der Waals surface area contributed by atoms with Crippen molar-refractivity contribution in [3.63, 3.8) is 0 Å². The van der Waals surface area contributed by atoms with Crippen molar-refractivity contribution in [1.29, 1.82) is 0 Å². The predicted octanol–water partition coefficient (Wildman–Crippen LogP) is 9.18. The molecule has 0 aliphatic carbocycles. The van der Waals surface area contributed by atoms with E-state index >= 15 is 0 Å². The standard InChI is InChI=1S/C53H70FN9O4S2/c1-7-43(18-17-40(2)54)39-59(6)42(4)52(53(64)56-25-12-27-60-30-28-58(5)29-31-60)41(3)44-13-11-14-47(37-44)62-34-32-61(33-35-62)46-21-19-45(20-22-46)57-69(67)49-23-24-50(51(38-49)63(65)66)55-26-36-68-48-15-9-8-10-16-48/h7-11,13-24,37-38,40-41,55,57H,12,25-36,39H2,1-6H3,(H,56,64)/b18-17-,43-7+,52-42+. The molecule has 3 unspecified atom stereocenters. The molecule has 16 heteroatoms. The molecule has 2 heterocycles. The number of piperazine rings is 2. The smallest absolute Gasteiger partial charge is 0.293 e. The van der Waals surface area contributed by atoms with Crippen LogP contribution in [0, 0.1) is 10.1 Å². The highest BCUT2D eigenvalue weighted by molar-refractivity contribution is 7.99. The molecular formula is C53H70FN9O4S2. The second-order valence-electron chi connectivity index (χ2n) is 17.7. The molecule has 0 saturated carbocycles. The van der Waals surface area contributed by atoms with Crippen molar-refractivity contribution in [3.05, 3.63) is 148 Å². The number of carbonyl (C=O) groups is 1. The van der Waals surface area contributed by atoms with Crippen LogP contribution in [0.2, 0.25) is 0 Å². The molecule has 6 rings (SSSR count). The van der Waals surface area contributed by atoms with Crippen LogP contribution in [0.4, 0.5) is 32.8 Å². The third kappa shape index (κ3) is 15.7. The first kappa shape index (κ1) is 52.7. The molecule has 0 bridgehead atoms. The number of hydrogen-bond acceptors (Lipinski definition) is 11. The number of nitrogens with zero attached hydrogens (tertiary/aromatic N) is 6. The molecule has 2 aliphatic heterocycles. The second-order valence-corrected chi connectivity index (χ2v) is 20.1. The van der Waals surface area contributed by atoms with Crippen LogP contribution in [0.5, 0.6) is 0 Å². The molecule has 0 radical (unpaired) electrons. The number of rotatable bonds is 23. The number of benzene rings is 4. The number of nitro benzene ring substituents is 1. The van der Waals surface area contributed by atoms with Crippen molar-refractivity contribution in [2.45, 2.75) is 56.0 Å². The van der Waals surface area contributed by atoms with Gasteiger partial charge in [-0.3, -0.25) is 14.9 Å². The third-order valence-electron chi connectivity index (χ3n) is 12.8. The first-order chi connectivity index (χ1) is 33.3. The minimum Gasteiger partial charge on any atom is -0.379 e. The van der Waals surface area contributed by atoms with Crippen molar-refractivity contribution in [3.8, 4) is 0 Å². The van der Waals surface area contributed by atoms with Gasteiger partial charge < -0.3 is 39.9 Å².